The summed E-state index contributed by atoms with van der Waals surface area (Å²) in [6, 6.07) is 12.0. The van der Waals surface area contributed by atoms with E-state index in [1.54, 1.807) is 0 Å². The van der Waals surface area contributed by atoms with Crippen molar-refractivity contribution >= 4 is 11.6 Å². The summed E-state index contributed by atoms with van der Waals surface area (Å²) < 4.78 is 33.6. The Morgan fingerprint density at radius 2 is 1.63 bits per heavy atom. The van der Waals surface area contributed by atoms with Gasteiger partial charge in [-0.1, -0.05) is 0 Å². The van der Waals surface area contributed by atoms with Gasteiger partial charge in [-0.3, -0.25) is 14.2 Å². The lowest BCUT2D eigenvalue weighted by Gasteiger charge is -2.17. The molecule has 1 aromatic heterocycles. The van der Waals surface area contributed by atoms with Gasteiger partial charge in [-0.15, -0.1) is 0 Å². The van der Waals surface area contributed by atoms with E-state index in [0.29, 0.717) is 22.7 Å². The number of amides is 1. The smallest absolute Gasteiger partial charge is 0.260 e. The Morgan fingerprint density at radius 1 is 0.926 bits per heavy atom. The number of fused-ring (bicyclic) bond motifs is 1. The van der Waals surface area contributed by atoms with Gasteiger partial charge < -0.3 is 9.64 Å². The average molecular weight is 368 g/mol. The number of hydrogen-bond acceptors (Lipinski definition) is 3. The van der Waals surface area contributed by atoms with Gasteiger partial charge in [0, 0.05) is 17.8 Å². The third-order valence-electron chi connectivity index (χ3n) is 4.50. The van der Waals surface area contributed by atoms with E-state index in [1.165, 1.54) is 71.2 Å². The molecular formula is C20H14F2N2O3. The van der Waals surface area contributed by atoms with Crippen molar-refractivity contribution in [3.05, 3.63) is 87.8 Å². The number of nitrogens with zero attached hydrogens (tertiary/aromatic N) is 2. The zero-order valence-electron chi connectivity index (χ0n) is 14.3. The van der Waals surface area contributed by atoms with E-state index in [2.05, 4.69) is 0 Å². The van der Waals surface area contributed by atoms with Gasteiger partial charge in [-0.05, 0) is 42.5 Å². The predicted molar refractivity (Wildman–Crippen MR) is 95.5 cm³/mol. The molecule has 0 saturated heterocycles. The third kappa shape index (κ3) is 2.77. The molecule has 0 fully saturated rings. The van der Waals surface area contributed by atoms with Gasteiger partial charge in [-0.2, -0.15) is 0 Å². The van der Waals surface area contributed by atoms with Crippen molar-refractivity contribution in [1.82, 2.24) is 4.57 Å². The van der Waals surface area contributed by atoms with E-state index in [0.717, 1.165) is 0 Å². The highest BCUT2D eigenvalue weighted by Gasteiger charge is 2.32. The molecule has 5 nitrogen and oxygen atoms in total. The number of carbonyl (C=O) groups excluding carboxylic acids is 1. The highest BCUT2D eigenvalue weighted by atomic mass is 19.1. The van der Waals surface area contributed by atoms with Gasteiger partial charge >= 0.3 is 0 Å². The van der Waals surface area contributed by atoms with Crippen LogP contribution in [0, 0.1) is 11.6 Å². The SMILES string of the molecule is COc1ccc(F)cc1-n1c2c(ccc1=O)C(=O)N(c1ccc(F)cc1)C2. The molecule has 2 aromatic carbocycles. The number of ether oxygens (including phenoxy) is 1. The molecule has 0 spiro atoms. The molecule has 0 saturated carbocycles. The van der Waals surface area contributed by atoms with Crippen LogP contribution in [-0.2, 0) is 6.54 Å². The molecule has 0 aliphatic carbocycles. The fourth-order valence-electron chi connectivity index (χ4n) is 3.23. The molecule has 1 aliphatic heterocycles. The van der Waals surface area contributed by atoms with Crippen LogP contribution >= 0.6 is 0 Å². The van der Waals surface area contributed by atoms with E-state index in [9.17, 15) is 18.4 Å². The summed E-state index contributed by atoms with van der Waals surface area (Å²) in [4.78, 5) is 26.8. The maximum atomic E-state index is 13.8. The van der Waals surface area contributed by atoms with Gasteiger partial charge in [0.1, 0.15) is 17.4 Å². The molecule has 0 N–H and O–H groups in total. The van der Waals surface area contributed by atoms with Gasteiger partial charge in [0.25, 0.3) is 11.5 Å². The summed E-state index contributed by atoms with van der Waals surface area (Å²) >= 11 is 0. The van der Waals surface area contributed by atoms with Crippen LogP contribution in [0.3, 0.4) is 0 Å². The number of pyridine rings is 1. The minimum Gasteiger partial charge on any atom is -0.495 e. The fraction of sp³-hybridized carbons (Fsp3) is 0.100. The minimum atomic E-state index is -0.532. The summed E-state index contributed by atoms with van der Waals surface area (Å²) in [5.74, 6) is -0.959. The Morgan fingerprint density at radius 3 is 2.33 bits per heavy atom. The summed E-state index contributed by atoms with van der Waals surface area (Å²) in [5, 5.41) is 0. The molecule has 0 unspecified atom stereocenters. The number of hydrogen-bond donors (Lipinski definition) is 0. The van der Waals surface area contributed by atoms with Crippen LogP contribution in [0.5, 0.6) is 5.75 Å². The number of carbonyl (C=O) groups is 1. The maximum absolute atomic E-state index is 13.8. The second kappa shape index (κ2) is 6.35. The Balaban J connectivity index is 1.88. The Bertz CT molecular complexity index is 1110. The zero-order valence-corrected chi connectivity index (χ0v) is 14.3. The molecule has 0 radical (unpaired) electrons. The molecule has 3 aromatic rings. The van der Waals surface area contributed by atoms with Crippen LogP contribution < -0.4 is 15.2 Å². The molecule has 27 heavy (non-hydrogen) atoms. The average Bonchev–Trinajstić information content (AvgIpc) is 2.99. The summed E-state index contributed by atoms with van der Waals surface area (Å²) in [6.07, 6.45) is 0. The number of halogens is 2. The van der Waals surface area contributed by atoms with E-state index in [4.69, 9.17) is 4.74 Å². The highest BCUT2D eigenvalue weighted by molar-refractivity contribution is 6.09. The molecule has 4 rings (SSSR count). The van der Waals surface area contributed by atoms with Crippen LogP contribution in [0.15, 0.2) is 59.4 Å². The number of benzene rings is 2. The topological polar surface area (TPSA) is 51.5 Å². The Hall–Kier alpha value is -3.48. The summed E-state index contributed by atoms with van der Waals surface area (Å²) in [7, 11) is 1.42. The lowest BCUT2D eigenvalue weighted by Crippen LogP contribution is -2.23. The molecule has 1 aliphatic rings. The first-order valence-corrected chi connectivity index (χ1v) is 8.16. The summed E-state index contributed by atoms with van der Waals surface area (Å²) in [6.45, 7) is 0.0928. The van der Waals surface area contributed by atoms with Crippen molar-refractivity contribution < 1.29 is 18.3 Å². The van der Waals surface area contributed by atoms with Crippen LogP contribution in [0.25, 0.3) is 5.69 Å². The quantitative estimate of drug-likeness (QED) is 0.713. The molecule has 0 bridgehead atoms. The molecule has 2 heterocycles. The van der Waals surface area contributed by atoms with Crippen LogP contribution in [-0.4, -0.2) is 17.6 Å². The second-order valence-electron chi connectivity index (χ2n) is 6.05. The van der Waals surface area contributed by atoms with Gasteiger partial charge in [0.15, 0.2) is 0 Å². The summed E-state index contributed by atoms with van der Waals surface area (Å²) in [5.41, 5.74) is 1.05. The van der Waals surface area contributed by atoms with Crippen molar-refractivity contribution in [3.63, 3.8) is 0 Å². The van der Waals surface area contributed by atoms with Crippen molar-refractivity contribution in [2.45, 2.75) is 6.54 Å². The predicted octanol–water partition coefficient (Wildman–Crippen LogP) is 3.28. The number of anilines is 1. The molecule has 0 atom stereocenters. The van der Waals surface area contributed by atoms with E-state index >= 15 is 0 Å². The normalized spacial score (nSPS) is 13.0. The third-order valence-corrected chi connectivity index (χ3v) is 4.50. The van der Waals surface area contributed by atoms with Crippen molar-refractivity contribution in [2.75, 3.05) is 12.0 Å². The standard InChI is InChI=1S/C20H14F2N2O3/c1-27-18-8-4-13(22)10-16(18)24-17-11-23(14-5-2-12(21)3-6-14)20(26)15(17)7-9-19(24)25/h2-10H,11H2,1H3. The first-order valence-electron chi connectivity index (χ1n) is 8.16. The monoisotopic (exact) mass is 368 g/mol. The number of methoxy groups -OCH3 is 1. The number of rotatable bonds is 3. The van der Waals surface area contributed by atoms with Crippen LogP contribution in [0.1, 0.15) is 16.1 Å². The van der Waals surface area contributed by atoms with E-state index in [1.807, 2.05) is 0 Å². The number of aromatic nitrogens is 1. The Labute approximate surface area is 153 Å². The van der Waals surface area contributed by atoms with Gasteiger partial charge in [0.2, 0.25) is 0 Å². The Kier molecular flexibility index (Phi) is 3.99. The van der Waals surface area contributed by atoms with Crippen molar-refractivity contribution in [1.29, 1.82) is 0 Å². The first-order chi connectivity index (χ1) is 13.0. The maximum Gasteiger partial charge on any atom is 0.260 e. The van der Waals surface area contributed by atoms with Crippen LogP contribution in [0.4, 0.5) is 14.5 Å². The fourth-order valence-corrected chi connectivity index (χ4v) is 3.23. The molecule has 136 valence electrons. The largest absolute Gasteiger partial charge is 0.495 e. The first kappa shape index (κ1) is 17.0. The lowest BCUT2D eigenvalue weighted by molar-refractivity contribution is 0.0996. The van der Waals surface area contributed by atoms with Gasteiger partial charge in [0.05, 0.1) is 30.6 Å². The van der Waals surface area contributed by atoms with Crippen LogP contribution in [0.2, 0.25) is 0 Å². The molecular weight excluding hydrogens is 354 g/mol. The zero-order chi connectivity index (χ0) is 19.1. The van der Waals surface area contributed by atoms with E-state index in [-0.39, 0.29) is 18.1 Å². The minimum absolute atomic E-state index is 0.0928. The van der Waals surface area contributed by atoms with Crippen molar-refractivity contribution in [3.8, 4) is 11.4 Å². The van der Waals surface area contributed by atoms with E-state index < -0.39 is 17.2 Å². The molecule has 7 heteroatoms. The highest BCUT2D eigenvalue weighted by Crippen LogP contribution is 2.31. The molecule has 1 amide bonds. The van der Waals surface area contributed by atoms with Crippen molar-refractivity contribution in [2.24, 2.45) is 0 Å². The lowest BCUT2D eigenvalue weighted by atomic mass is 10.2. The second-order valence-corrected chi connectivity index (χ2v) is 6.05. The van der Waals surface area contributed by atoms with Gasteiger partial charge in [-0.25, -0.2) is 8.78 Å².